The topological polar surface area (TPSA) is 83.5 Å². The van der Waals surface area contributed by atoms with Gasteiger partial charge in [-0.3, -0.25) is 4.79 Å². The number of fused-ring (bicyclic) bond motifs is 1. The van der Waals surface area contributed by atoms with E-state index in [1.54, 1.807) is 30.3 Å². The Morgan fingerprint density at radius 1 is 1.13 bits per heavy atom. The molecule has 7 heteroatoms. The summed E-state index contributed by atoms with van der Waals surface area (Å²) in [4.78, 5) is 12.4. The van der Waals surface area contributed by atoms with Crippen molar-refractivity contribution < 1.29 is 18.3 Å². The van der Waals surface area contributed by atoms with Gasteiger partial charge in [0.2, 0.25) is 0 Å². The van der Waals surface area contributed by atoms with Crippen molar-refractivity contribution in [3.8, 4) is 0 Å². The van der Waals surface area contributed by atoms with Crippen molar-refractivity contribution in [3.63, 3.8) is 0 Å². The number of hydrogen-bond acceptors (Lipinski definition) is 4. The zero-order chi connectivity index (χ0) is 16.6. The number of carbonyl (C=O) groups excluding carboxylic acids is 1. The maximum atomic E-state index is 12.4. The minimum Gasteiger partial charge on any atom is -0.507 e. The summed E-state index contributed by atoms with van der Waals surface area (Å²) in [6, 6.07) is 12.5. The average Bonchev–Trinajstić information content (AvgIpc) is 2.51. The van der Waals surface area contributed by atoms with E-state index >= 15 is 0 Å². The number of benzene rings is 2. The Morgan fingerprint density at radius 2 is 1.87 bits per heavy atom. The standard InChI is InChI=1S/C16H12ClNO4S/c17-10-4-3-5-11(8-10)18-16(20)13-9-23(21,22)14-7-2-1-6-12(14)15(13)19/h1-8,19H,9H2,(H,18,20). The number of nitrogens with one attached hydrogen (secondary N) is 1. The van der Waals surface area contributed by atoms with Crippen molar-refractivity contribution in [2.24, 2.45) is 0 Å². The second-order valence-corrected chi connectivity index (χ2v) is 7.44. The van der Waals surface area contributed by atoms with E-state index < -0.39 is 21.5 Å². The molecule has 0 fully saturated rings. The third kappa shape index (κ3) is 2.95. The van der Waals surface area contributed by atoms with Crippen LogP contribution in [0.1, 0.15) is 5.56 Å². The zero-order valence-electron chi connectivity index (χ0n) is 11.8. The fourth-order valence-corrected chi connectivity index (χ4v) is 4.16. The summed E-state index contributed by atoms with van der Waals surface area (Å²) >= 11 is 5.85. The molecular formula is C16H12ClNO4S. The molecule has 1 aliphatic heterocycles. The maximum absolute atomic E-state index is 12.4. The molecule has 3 rings (SSSR count). The van der Waals surface area contributed by atoms with Crippen LogP contribution >= 0.6 is 11.6 Å². The van der Waals surface area contributed by atoms with Gasteiger partial charge in [-0.15, -0.1) is 0 Å². The van der Waals surface area contributed by atoms with Gasteiger partial charge < -0.3 is 10.4 Å². The van der Waals surface area contributed by atoms with Crippen LogP contribution < -0.4 is 5.32 Å². The highest BCUT2D eigenvalue weighted by Crippen LogP contribution is 2.32. The largest absolute Gasteiger partial charge is 0.507 e. The molecule has 118 valence electrons. The first-order chi connectivity index (χ1) is 10.9. The number of anilines is 1. The molecule has 1 heterocycles. The molecule has 0 unspecified atom stereocenters. The molecule has 23 heavy (non-hydrogen) atoms. The number of hydrogen-bond donors (Lipinski definition) is 2. The quantitative estimate of drug-likeness (QED) is 0.872. The molecule has 0 aromatic heterocycles. The Kier molecular flexibility index (Phi) is 3.87. The molecule has 1 aliphatic rings. The van der Waals surface area contributed by atoms with Gasteiger partial charge in [0.05, 0.1) is 16.2 Å². The van der Waals surface area contributed by atoms with Crippen LogP contribution in [0.15, 0.2) is 59.0 Å². The lowest BCUT2D eigenvalue weighted by atomic mass is 10.1. The summed E-state index contributed by atoms with van der Waals surface area (Å²) in [6.45, 7) is 0. The van der Waals surface area contributed by atoms with Crippen molar-refractivity contribution in [2.75, 3.05) is 11.1 Å². The summed E-state index contributed by atoms with van der Waals surface area (Å²) in [5.41, 5.74) is 0.359. The van der Waals surface area contributed by atoms with Crippen molar-refractivity contribution in [3.05, 3.63) is 64.7 Å². The summed E-state index contributed by atoms with van der Waals surface area (Å²) in [6.07, 6.45) is 0. The highest BCUT2D eigenvalue weighted by atomic mass is 35.5. The normalized spacial score (nSPS) is 15.9. The summed E-state index contributed by atoms with van der Waals surface area (Å²) in [5, 5.41) is 13.3. The third-order valence-corrected chi connectivity index (χ3v) is 5.38. The number of aliphatic hydroxyl groups excluding tert-OH is 1. The van der Waals surface area contributed by atoms with E-state index in [-0.39, 0.29) is 21.8 Å². The van der Waals surface area contributed by atoms with Crippen molar-refractivity contribution in [2.45, 2.75) is 4.90 Å². The molecule has 5 nitrogen and oxygen atoms in total. The van der Waals surface area contributed by atoms with Gasteiger partial charge in [0.1, 0.15) is 5.76 Å². The van der Waals surface area contributed by atoms with Crippen molar-refractivity contribution in [1.82, 2.24) is 0 Å². The summed E-state index contributed by atoms with van der Waals surface area (Å²) in [7, 11) is -3.67. The molecule has 0 spiro atoms. The Bertz CT molecular complexity index is 935. The van der Waals surface area contributed by atoms with Crippen molar-refractivity contribution >= 4 is 38.8 Å². The zero-order valence-corrected chi connectivity index (χ0v) is 13.4. The van der Waals surface area contributed by atoms with Crippen LogP contribution in [0, 0.1) is 0 Å². The van der Waals surface area contributed by atoms with E-state index in [1.165, 1.54) is 18.2 Å². The molecular weight excluding hydrogens is 338 g/mol. The van der Waals surface area contributed by atoms with Gasteiger partial charge in [-0.1, -0.05) is 29.8 Å². The predicted octanol–water partition coefficient (Wildman–Crippen LogP) is 3.04. The van der Waals surface area contributed by atoms with E-state index in [4.69, 9.17) is 11.6 Å². The minimum absolute atomic E-state index is 0.0248. The van der Waals surface area contributed by atoms with Crippen LogP contribution in [0.3, 0.4) is 0 Å². The van der Waals surface area contributed by atoms with Gasteiger partial charge in [0.25, 0.3) is 5.91 Å². The van der Waals surface area contributed by atoms with Gasteiger partial charge >= 0.3 is 0 Å². The molecule has 2 N–H and O–H groups in total. The Hall–Kier alpha value is -2.31. The number of sulfone groups is 1. The number of halogens is 1. The molecule has 0 saturated carbocycles. The van der Waals surface area contributed by atoms with Gasteiger partial charge in [0.15, 0.2) is 9.84 Å². The van der Waals surface area contributed by atoms with E-state index in [0.29, 0.717) is 10.7 Å². The highest BCUT2D eigenvalue weighted by Gasteiger charge is 2.33. The second kappa shape index (κ2) is 5.72. The Morgan fingerprint density at radius 3 is 2.61 bits per heavy atom. The third-order valence-electron chi connectivity index (χ3n) is 3.45. The number of carbonyl (C=O) groups is 1. The van der Waals surface area contributed by atoms with Crippen molar-refractivity contribution in [1.29, 1.82) is 0 Å². The molecule has 0 radical (unpaired) electrons. The first kappa shape index (κ1) is 15.6. The fraction of sp³-hybridized carbons (Fsp3) is 0.0625. The summed E-state index contributed by atoms with van der Waals surface area (Å²) < 4.78 is 24.6. The van der Waals surface area contributed by atoms with Crippen LogP contribution in [0.2, 0.25) is 5.02 Å². The fourth-order valence-electron chi connectivity index (χ4n) is 2.38. The van der Waals surface area contributed by atoms with E-state index in [0.717, 1.165) is 0 Å². The van der Waals surface area contributed by atoms with Gasteiger partial charge in [-0.2, -0.15) is 0 Å². The van der Waals surface area contributed by atoms with E-state index in [9.17, 15) is 18.3 Å². The first-order valence-corrected chi connectivity index (χ1v) is 8.73. The van der Waals surface area contributed by atoms with Gasteiger partial charge in [-0.05, 0) is 30.3 Å². The number of rotatable bonds is 2. The lowest BCUT2D eigenvalue weighted by Crippen LogP contribution is -2.26. The number of aliphatic hydroxyl groups is 1. The second-order valence-electron chi connectivity index (χ2n) is 5.05. The average molecular weight is 350 g/mol. The van der Waals surface area contributed by atoms with Crippen LogP contribution in [0.25, 0.3) is 5.76 Å². The Labute approximate surface area is 138 Å². The lowest BCUT2D eigenvalue weighted by molar-refractivity contribution is -0.112. The minimum atomic E-state index is -3.67. The van der Waals surface area contributed by atoms with Crippen LogP contribution in [0.4, 0.5) is 5.69 Å². The number of amides is 1. The van der Waals surface area contributed by atoms with E-state index in [1.807, 2.05) is 0 Å². The van der Waals surface area contributed by atoms with E-state index in [2.05, 4.69) is 5.32 Å². The van der Waals surface area contributed by atoms with Crippen LogP contribution in [-0.2, 0) is 14.6 Å². The predicted molar refractivity (Wildman–Crippen MR) is 88.1 cm³/mol. The molecule has 2 aromatic carbocycles. The maximum Gasteiger partial charge on any atom is 0.256 e. The van der Waals surface area contributed by atoms with Crippen LogP contribution in [-0.4, -0.2) is 25.2 Å². The first-order valence-electron chi connectivity index (χ1n) is 6.70. The van der Waals surface area contributed by atoms with Crippen LogP contribution in [0.5, 0.6) is 0 Å². The SMILES string of the molecule is O=C(Nc1cccc(Cl)c1)C1=C(O)c2ccccc2S(=O)(=O)C1. The molecule has 0 aliphatic carbocycles. The van der Waals surface area contributed by atoms with Gasteiger partial charge in [-0.25, -0.2) is 8.42 Å². The van der Waals surface area contributed by atoms with Gasteiger partial charge in [0, 0.05) is 16.3 Å². The molecule has 0 atom stereocenters. The monoisotopic (exact) mass is 349 g/mol. The Balaban J connectivity index is 2.01. The highest BCUT2D eigenvalue weighted by molar-refractivity contribution is 7.91. The smallest absolute Gasteiger partial charge is 0.256 e. The molecule has 1 amide bonds. The summed E-state index contributed by atoms with van der Waals surface area (Å²) in [5.74, 6) is -1.56. The molecule has 0 saturated heterocycles. The lowest BCUT2D eigenvalue weighted by Gasteiger charge is -2.19. The molecule has 0 bridgehead atoms. The molecule has 2 aromatic rings.